The SMILES string of the molecule is CNC(=O)C1CCCN1C(=O)c1cccc(C(=O)O)n1. The van der Waals surface area contributed by atoms with E-state index in [9.17, 15) is 14.4 Å². The fourth-order valence-electron chi connectivity index (χ4n) is 2.27. The molecule has 106 valence electrons. The van der Waals surface area contributed by atoms with Gasteiger partial charge in [-0.15, -0.1) is 0 Å². The molecule has 7 heteroatoms. The van der Waals surface area contributed by atoms with Crippen molar-refractivity contribution in [1.82, 2.24) is 15.2 Å². The highest BCUT2D eigenvalue weighted by Crippen LogP contribution is 2.19. The molecule has 0 aromatic carbocycles. The lowest BCUT2D eigenvalue weighted by Gasteiger charge is -2.22. The summed E-state index contributed by atoms with van der Waals surface area (Å²) in [5, 5.41) is 11.4. The Balaban J connectivity index is 2.24. The molecule has 0 saturated carbocycles. The molecule has 0 bridgehead atoms. The molecule has 1 aliphatic rings. The molecule has 7 nitrogen and oxygen atoms in total. The van der Waals surface area contributed by atoms with E-state index < -0.39 is 17.9 Å². The van der Waals surface area contributed by atoms with Gasteiger partial charge in [-0.05, 0) is 25.0 Å². The summed E-state index contributed by atoms with van der Waals surface area (Å²) >= 11 is 0. The van der Waals surface area contributed by atoms with Gasteiger partial charge in [0, 0.05) is 13.6 Å². The number of pyridine rings is 1. The highest BCUT2D eigenvalue weighted by molar-refractivity contribution is 5.97. The van der Waals surface area contributed by atoms with Crippen LogP contribution in [-0.4, -0.2) is 52.4 Å². The van der Waals surface area contributed by atoms with E-state index in [1.165, 1.54) is 30.1 Å². The average molecular weight is 277 g/mol. The Labute approximate surface area is 115 Å². The van der Waals surface area contributed by atoms with Crippen LogP contribution in [0, 0.1) is 0 Å². The largest absolute Gasteiger partial charge is 0.477 e. The molecule has 2 rings (SSSR count). The maximum atomic E-state index is 12.3. The van der Waals surface area contributed by atoms with Crippen molar-refractivity contribution in [3.8, 4) is 0 Å². The Morgan fingerprint density at radius 1 is 1.35 bits per heavy atom. The monoisotopic (exact) mass is 277 g/mol. The Morgan fingerprint density at radius 3 is 2.70 bits per heavy atom. The number of nitrogens with zero attached hydrogens (tertiary/aromatic N) is 2. The van der Waals surface area contributed by atoms with Gasteiger partial charge in [0.2, 0.25) is 5.91 Å². The lowest BCUT2D eigenvalue weighted by molar-refractivity contribution is -0.124. The Kier molecular flexibility index (Phi) is 3.97. The molecule has 1 aromatic heterocycles. The first kappa shape index (κ1) is 14.0. The van der Waals surface area contributed by atoms with E-state index in [4.69, 9.17) is 5.11 Å². The summed E-state index contributed by atoms with van der Waals surface area (Å²) in [6.07, 6.45) is 1.34. The van der Waals surface area contributed by atoms with Gasteiger partial charge >= 0.3 is 5.97 Å². The summed E-state index contributed by atoms with van der Waals surface area (Å²) in [4.78, 5) is 40.2. The molecule has 1 fully saturated rings. The van der Waals surface area contributed by atoms with Crippen molar-refractivity contribution in [3.05, 3.63) is 29.6 Å². The van der Waals surface area contributed by atoms with Gasteiger partial charge in [0.25, 0.3) is 5.91 Å². The zero-order valence-electron chi connectivity index (χ0n) is 11.0. The third-order valence-corrected chi connectivity index (χ3v) is 3.25. The van der Waals surface area contributed by atoms with Crippen molar-refractivity contribution in [3.63, 3.8) is 0 Å². The summed E-state index contributed by atoms with van der Waals surface area (Å²) in [6, 6.07) is 3.73. The second kappa shape index (κ2) is 5.68. The number of nitrogens with one attached hydrogen (secondary N) is 1. The first-order valence-electron chi connectivity index (χ1n) is 6.27. The van der Waals surface area contributed by atoms with E-state index >= 15 is 0 Å². The zero-order valence-corrected chi connectivity index (χ0v) is 11.0. The molecule has 1 aromatic rings. The fourth-order valence-corrected chi connectivity index (χ4v) is 2.27. The van der Waals surface area contributed by atoms with E-state index in [-0.39, 0.29) is 17.3 Å². The van der Waals surface area contributed by atoms with Gasteiger partial charge in [0.05, 0.1) is 0 Å². The number of aromatic carboxylic acids is 1. The zero-order chi connectivity index (χ0) is 14.7. The quantitative estimate of drug-likeness (QED) is 0.818. The third kappa shape index (κ3) is 2.61. The van der Waals surface area contributed by atoms with Gasteiger partial charge in [-0.3, -0.25) is 9.59 Å². The van der Waals surface area contributed by atoms with Crippen molar-refractivity contribution in [2.45, 2.75) is 18.9 Å². The predicted molar refractivity (Wildman–Crippen MR) is 69.3 cm³/mol. The predicted octanol–water partition coefficient (Wildman–Crippen LogP) is 0.130. The summed E-state index contributed by atoms with van der Waals surface area (Å²) in [5.41, 5.74) is -0.146. The second-order valence-corrected chi connectivity index (χ2v) is 4.48. The number of hydrogen-bond donors (Lipinski definition) is 2. The molecule has 2 heterocycles. The number of carboxylic acids is 1. The summed E-state index contributed by atoms with van der Waals surface area (Å²) in [5.74, 6) is -1.83. The van der Waals surface area contributed by atoms with Crippen LogP contribution in [-0.2, 0) is 4.79 Å². The Hall–Kier alpha value is -2.44. The van der Waals surface area contributed by atoms with Crippen LogP contribution in [0.4, 0.5) is 0 Å². The molecule has 2 amide bonds. The van der Waals surface area contributed by atoms with Crippen LogP contribution < -0.4 is 5.32 Å². The number of amides is 2. The van der Waals surface area contributed by atoms with Crippen LogP contribution in [0.2, 0.25) is 0 Å². The summed E-state index contributed by atoms with van der Waals surface area (Å²) in [7, 11) is 1.52. The van der Waals surface area contributed by atoms with E-state index in [1.54, 1.807) is 0 Å². The summed E-state index contributed by atoms with van der Waals surface area (Å²) < 4.78 is 0. The molecule has 0 spiro atoms. The maximum Gasteiger partial charge on any atom is 0.354 e. The van der Waals surface area contributed by atoms with E-state index in [0.717, 1.165) is 6.42 Å². The summed E-state index contributed by atoms with van der Waals surface area (Å²) in [6.45, 7) is 0.468. The van der Waals surface area contributed by atoms with Gasteiger partial charge in [-0.25, -0.2) is 9.78 Å². The molecule has 1 unspecified atom stereocenters. The van der Waals surface area contributed by atoms with Crippen LogP contribution in [0.25, 0.3) is 0 Å². The maximum absolute atomic E-state index is 12.3. The number of likely N-dealkylation sites (tertiary alicyclic amines) is 1. The number of carboxylic acid groups (broad SMARTS) is 1. The smallest absolute Gasteiger partial charge is 0.354 e. The van der Waals surface area contributed by atoms with Crippen molar-refractivity contribution in [2.75, 3.05) is 13.6 Å². The highest BCUT2D eigenvalue weighted by Gasteiger charge is 2.34. The number of aromatic nitrogens is 1. The van der Waals surface area contributed by atoms with Crippen molar-refractivity contribution < 1.29 is 19.5 Å². The molecule has 1 saturated heterocycles. The van der Waals surface area contributed by atoms with Crippen LogP contribution in [0.1, 0.15) is 33.8 Å². The number of likely N-dealkylation sites (N-methyl/N-ethyl adjacent to an activating group) is 1. The Morgan fingerprint density at radius 2 is 2.05 bits per heavy atom. The first-order valence-corrected chi connectivity index (χ1v) is 6.27. The van der Waals surface area contributed by atoms with Crippen LogP contribution in [0.5, 0.6) is 0 Å². The second-order valence-electron chi connectivity index (χ2n) is 4.48. The number of carbonyl (C=O) groups excluding carboxylic acids is 2. The van der Waals surface area contributed by atoms with Gasteiger partial charge in [0.15, 0.2) is 0 Å². The highest BCUT2D eigenvalue weighted by atomic mass is 16.4. The fraction of sp³-hybridized carbons (Fsp3) is 0.385. The lowest BCUT2D eigenvalue weighted by atomic mass is 10.2. The van der Waals surface area contributed by atoms with Gasteiger partial charge in [-0.1, -0.05) is 6.07 Å². The van der Waals surface area contributed by atoms with Crippen molar-refractivity contribution in [2.24, 2.45) is 0 Å². The van der Waals surface area contributed by atoms with Gasteiger partial charge in [-0.2, -0.15) is 0 Å². The average Bonchev–Trinajstić information content (AvgIpc) is 2.95. The van der Waals surface area contributed by atoms with Crippen molar-refractivity contribution >= 4 is 17.8 Å². The minimum Gasteiger partial charge on any atom is -0.477 e. The van der Waals surface area contributed by atoms with Crippen LogP contribution >= 0.6 is 0 Å². The molecular weight excluding hydrogens is 262 g/mol. The first-order chi connectivity index (χ1) is 9.54. The molecule has 1 aliphatic heterocycles. The standard InChI is InChI=1S/C13H15N3O4/c1-14-11(17)10-6-3-7-16(10)12(18)8-4-2-5-9(15-8)13(19)20/h2,4-5,10H,3,6-7H2,1H3,(H,14,17)(H,19,20). The molecule has 20 heavy (non-hydrogen) atoms. The molecule has 0 aliphatic carbocycles. The van der Waals surface area contributed by atoms with Crippen LogP contribution in [0.3, 0.4) is 0 Å². The van der Waals surface area contributed by atoms with E-state index in [2.05, 4.69) is 10.3 Å². The Bertz CT molecular complexity index is 558. The number of hydrogen-bond acceptors (Lipinski definition) is 4. The van der Waals surface area contributed by atoms with Gasteiger partial charge in [0.1, 0.15) is 17.4 Å². The van der Waals surface area contributed by atoms with E-state index in [0.29, 0.717) is 13.0 Å². The normalized spacial score (nSPS) is 17.9. The van der Waals surface area contributed by atoms with Gasteiger partial charge < -0.3 is 15.3 Å². The van der Waals surface area contributed by atoms with Crippen LogP contribution in [0.15, 0.2) is 18.2 Å². The molecule has 2 N–H and O–H groups in total. The topological polar surface area (TPSA) is 99.6 Å². The molecule has 0 radical (unpaired) electrons. The minimum atomic E-state index is -1.19. The lowest BCUT2D eigenvalue weighted by Crippen LogP contribution is -2.45. The molecular formula is C13H15N3O4. The third-order valence-electron chi connectivity index (χ3n) is 3.25. The number of rotatable bonds is 3. The minimum absolute atomic E-state index is 0.0423. The number of carbonyl (C=O) groups is 3. The van der Waals surface area contributed by atoms with Crippen molar-refractivity contribution in [1.29, 1.82) is 0 Å². The van der Waals surface area contributed by atoms with E-state index in [1.807, 2.05) is 0 Å². The molecule has 1 atom stereocenters.